The van der Waals surface area contributed by atoms with Crippen LogP contribution in [0.15, 0.2) is 35.7 Å². The van der Waals surface area contributed by atoms with E-state index < -0.39 is 0 Å². The molecule has 8 nitrogen and oxygen atoms in total. The molecule has 1 atom stereocenters. The summed E-state index contributed by atoms with van der Waals surface area (Å²) in [4.78, 5) is 16.0. The number of halogens is 1. The molecule has 2 aliphatic heterocycles. The van der Waals surface area contributed by atoms with Gasteiger partial charge in [0, 0.05) is 42.8 Å². The second-order valence-electron chi connectivity index (χ2n) is 7.50. The first-order valence-electron chi connectivity index (χ1n) is 10.5. The van der Waals surface area contributed by atoms with Crippen molar-refractivity contribution in [1.82, 2.24) is 9.97 Å². The van der Waals surface area contributed by atoms with Gasteiger partial charge in [-0.25, -0.2) is 14.4 Å². The second-order valence-corrected chi connectivity index (χ2v) is 7.50. The molecule has 0 N–H and O–H groups in total. The molecule has 3 heterocycles. The first-order chi connectivity index (χ1) is 15.2. The monoisotopic (exact) mass is 430 g/mol. The maximum absolute atomic E-state index is 14.6. The quantitative estimate of drug-likeness (QED) is 0.447. The number of nitrogens with zero attached hydrogens (tertiary/aromatic N) is 4. The summed E-state index contributed by atoms with van der Waals surface area (Å²) in [7, 11) is 1.54. The highest BCUT2D eigenvalue weighted by molar-refractivity contribution is 5.98. The predicted octanol–water partition coefficient (Wildman–Crippen LogP) is 3.16. The number of hydrogen-bond acceptors (Lipinski definition) is 8. The Hall–Kier alpha value is -2.62. The van der Waals surface area contributed by atoms with Crippen LogP contribution in [0.3, 0.4) is 0 Å². The van der Waals surface area contributed by atoms with Crippen molar-refractivity contribution in [3.63, 3.8) is 0 Å². The average molecular weight is 430 g/mol. The number of hydrogen-bond donors (Lipinski definition) is 0. The van der Waals surface area contributed by atoms with E-state index >= 15 is 0 Å². The fourth-order valence-electron chi connectivity index (χ4n) is 3.48. The molecule has 0 spiro atoms. The van der Waals surface area contributed by atoms with Gasteiger partial charge in [-0.2, -0.15) is 0 Å². The lowest BCUT2D eigenvalue weighted by Crippen LogP contribution is -2.48. The molecule has 2 aromatic rings. The van der Waals surface area contributed by atoms with Gasteiger partial charge >= 0.3 is 0 Å². The second kappa shape index (κ2) is 10.6. The summed E-state index contributed by atoms with van der Waals surface area (Å²) >= 11 is 0. The number of oxime groups is 1. The fraction of sp³-hybridized carbons (Fsp3) is 0.500. The van der Waals surface area contributed by atoms with Gasteiger partial charge in [-0.15, -0.1) is 0 Å². The van der Waals surface area contributed by atoms with Crippen molar-refractivity contribution in [3.05, 3.63) is 42.0 Å². The summed E-state index contributed by atoms with van der Waals surface area (Å²) in [6.07, 6.45) is 6.34. The molecule has 4 rings (SSSR count). The Morgan fingerprint density at radius 3 is 2.77 bits per heavy atom. The van der Waals surface area contributed by atoms with Crippen molar-refractivity contribution < 1.29 is 23.4 Å². The van der Waals surface area contributed by atoms with Crippen LogP contribution in [0.25, 0.3) is 11.1 Å². The summed E-state index contributed by atoms with van der Waals surface area (Å²) in [5, 5.41) is 4.13. The van der Waals surface area contributed by atoms with Crippen LogP contribution in [-0.2, 0) is 25.7 Å². The number of methoxy groups -OCH3 is 1. The third-order valence-electron chi connectivity index (χ3n) is 5.17. The highest BCUT2D eigenvalue weighted by atomic mass is 19.1. The lowest BCUT2D eigenvalue weighted by molar-refractivity contribution is -0.169. The molecule has 0 bridgehead atoms. The minimum absolute atomic E-state index is 0.111. The first-order valence-corrected chi connectivity index (χ1v) is 10.5. The van der Waals surface area contributed by atoms with Crippen molar-refractivity contribution in [2.75, 3.05) is 44.9 Å². The molecule has 9 heteroatoms. The Morgan fingerprint density at radius 1 is 1.19 bits per heavy atom. The van der Waals surface area contributed by atoms with Gasteiger partial charge in [-0.3, -0.25) is 0 Å². The Kier molecular flexibility index (Phi) is 7.39. The van der Waals surface area contributed by atoms with E-state index in [1.54, 1.807) is 37.7 Å². The Labute approximate surface area is 181 Å². The van der Waals surface area contributed by atoms with Crippen molar-refractivity contribution in [2.24, 2.45) is 5.16 Å². The van der Waals surface area contributed by atoms with Gasteiger partial charge in [0.1, 0.15) is 12.4 Å². The van der Waals surface area contributed by atoms with Crippen LogP contribution in [0.1, 0.15) is 24.8 Å². The minimum Gasteiger partial charge on any atom is -0.393 e. The normalized spacial score (nSPS) is 18.6. The Bertz CT molecular complexity index is 880. The van der Waals surface area contributed by atoms with Gasteiger partial charge in [0.05, 0.1) is 32.0 Å². The largest absolute Gasteiger partial charge is 0.393 e. The fourth-order valence-corrected chi connectivity index (χ4v) is 3.48. The van der Waals surface area contributed by atoms with Crippen molar-refractivity contribution in [3.8, 4) is 11.1 Å². The first kappa shape index (κ1) is 21.6. The predicted molar refractivity (Wildman–Crippen MR) is 113 cm³/mol. The highest BCUT2D eigenvalue weighted by Gasteiger charge is 2.25. The molecule has 1 unspecified atom stereocenters. The number of anilines is 1. The van der Waals surface area contributed by atoms with Crippen LogP contribution in [0.5, 0.6) is 0 Å². The molecular weight excluding hydrogens is 403 g/mol. The Balaban J connectivity index is 1.23. The zero-order valence-corrected chi connectivity index (χ0v) is 17.6. The van der Waals surface area contributed by atoms with E-state index in [0.29, 0.717) is 48.9 Å². The maximum atomic E-state index is 14.6. The zero-order chi connectivity index (χ0) is 21.5. The van der Waals surface area contributed by atoms with Crippen LogP contribution >= 0.6 is 0 Å². The molecule has 0 amide bonds. The van der Waals surface area contributed by atoms with E-state index in [1.165, 1.54) is 0 Å². The van der Waals surface area contributed by atoms with E-state index in [9.17, 15) is 4.39 Å². The SMILES string of the molecule is COCc1cccc(-c2cnc(N3CC(=NOCCOC4CCCCO4)C3)nc2)c1F. The summed E-state index contributed by atoms with van der Waals surface area (Å²) in [6, 6.07) is 5.21. The van der Waals surface area contributed by atoms with E-state index in [0.717, 1.165) is 31.6 Å². The van der Waals surface area contributed by atoms with Crippen LogP contribution < -0.4 is 4.90 Å². The van der Waals surface area contributed by atoms with Gasteiger partial charge < -0.3 is 23.9 Å². The van der Waals surface area contributed by atoms with E-state index in [-0.39, 0.29) is 18.7 Å². The molecule has 0 aliphatic carbocycles. The van der Waals surface area contributed by atoms with Gasteiger partial charge in [-0.05, 0) is 19.3 Å². The van der Waals surface area contributed by atoms with Crippen LogP contribution in [0.2, 0.25) is 0 Å². The van der Waals surface area contributed by atoms with Crippen LogP contribution in [0.4, 0.5) is 10.3 Å². The molecule has 1 aromatic heterocycles. The summed E-state index contributed by atoms with van der Waals surface area (Å²) in [6.45, 7) is 3.03. The smallest absolute Gasteiger partial charge is 0.225 e. The Morgan fingerprint density at radius 2 is 2.03 bits per heavy atom. The van der Waals surface area contributed by atoms with Crippen molar-refractivity contribution in [1.29, 1.82) is 0 Å². The molecule has 2 aliphatic rings. The van der Waals surface area contributed by atoms with E-state index in [1.807, 2.05) is 4.90 Å². The zero-order valence-electron chi connectivity index (χ0n) is 17.6. The van der Waals surface area contributed by atoms with Gasteiger partial charge in [0.2, 0.25) is 5.95 Å². The van der Waals surface area contributed by atoms with Crippen LogP contribution in [-0.4, -0.2) is 62.0 Å². The van der Waals surface area contributed by atoms with Gasteiger partial charge in [-0.1, -0.05) is 23.4 Å². The molecule has 2 saturated heterocycles. The van der Waals surface area contributed by atoms with Crippen LogP contribution in [0, 0.1) is 5.82 Å². The molecule has 1 aromatic carbocycles. The van der Waals surface area contributed by atoms with Crippen molar-refractivity contribution >= 4 is 11.7 Å². The lowest BCUT2D eigenvalue weighted by Gasteiger charge is -2.31. The lowest BCUT2D eigenvalue weighted by atomic mass is 10.1. The number of aromatic nitrogens is 2. The standard InChI is InChI=1S/C22H27FN4O4/c1-28-15-16-5-4-6-19(21(16)23)17-11-24-22(25-12-17)27-13-18(14-27)26-31-10-9-30-20-7-2-3-8-29-20/h4-6,11-12,20H,2-3,7-10,13-15H2,1H3. The van der Waals surface area contributed by atoms with Gasteiger partial charge in [0.25, 0.3) is 0 Å². The number of rotatable bonds is 9. The maximum Gasteiger partial charge on any atom is 0.225 e. The molecule has 0 radical (unpaired) electrons. The highest BCUT2D eigenvalue weighted by Crippen LogP contribution is 2.25. The van der Waals surface area contributed by atoms with E-state index in [4.69, 9.17) is 19.0 Å². The topological polar surface area (TPSA) is 78.3 Å². The third kappa shape index (κ3) is 5.55. The summed E-state index contributed by atoms with van der Waals surface area (Å²) in [5.41, 5.74) is 2.50. The summed E-state index contributed by atoms with van der Waals surface area (Å²) < 4.78 is 30.8. The molecule has 166 valence electrons. The third-order valence-corrected chi connectivity index (χ3v) is 5.17. The molecule has 0 saturated carbocycles. The molecular formula is C22H27FN4O4. The van der Waals surface area contributed by atoms with Crippen molar-refractivity contribution in [2.45, 2.75) is 32.2 Å². The summed E-state index contributed by atoms with van der Waals surface area (Å²) in [5.74, 6) is 0.268. The molecule has 2 fully saturated rings. The number of ether oxygens (including phenoxy) is 3. The number of benzene rings is 1. The average Bonchev–Trinajstić information content (AvgIpc) is 2.77. The molecule has 31 heavy (non-hydrogen) atoms. The minimum atomic E-state index is -0.310. The van der Waals surface area contributed by atoms with E-state index in [2.05, 4.69) is 15.1 Å². The van der Waals surface area contributed by atoms with Gasteiger partial charge in [0.15, 0.2) is 6.29 Å².